The van der Waals surface area contributed by atoms with E-state index >= 15 is 0 Å². The van der Waals surface area contributed by atoms with Gasteiger partial charge in [0.05, 0.1) is 0 Å². The molecule has 6 nitrogen and oxygen atoms in total. The molecule has 0 atom stereocenters. The van der Waals surface area contributed by atoms with Gasteiger partial charge in [0.1, 0.15) is 16.1 Å². The summed E-state index contributed by atoms with van der Waals surface area (Å²) in [4.78, 5) is 10.7. The topological polar surface area (TPSA) is 114 Å². The highest BCUT2D eigenvalue weighted by Crippen LogP contribution is 2.39. The van der Waals surface area contributed by atoms with Crippen LogP contribution in [0.4, 0.5) is 5.88 Å². The smallest absolute Gasteiger partial charge is 0.412 e. The van der Waals surface area contributed by atoms with Crippen LogP contribution in [0.2, 0.25) is 0 Å². The molecule has 0 saturated carbocycles. The van der Waals surface area contributed by atoms with Crippen molar-refractivity contribution in [3.63, 3.8) is 0 Å². The van der Waals surface area contributed by atoms with Crippen LogP contribution >= 0.6 is 12.4 Å². The zero-order valence-electron chi connectivity index (χ0n) is 11.5. The average molecular weight is 323 g/mol. The molecule has 116 valence electrons. The Balaban J connectivity index is 0.00000121. The first-order valence-corrected chi connectivity index (χ1v) is 6.16. The van der Waals surface area contributed by atoms with Gasteiger partial charge in [-0.05, 0) is 23.3 Å². The van der Waals surface area contributed by atoms with Gasteiger partial charge in [0, 0.05) is 11.9 Å². The van der Waals surface area contributed by atoms with Crippen molar-refractivity contribution in [2.75, 3.05) is 0 Å². The minimum absolute atomic E-state index is 0. The lowest BCUT2D eigenvalue weighted by Crippen LogP contribution is -1.95. The maximum absolute atomic E-state index is 11.2. The minimum Gasteiger partial charge on any atom is -0.412 e. The van der Waals surface area contributed by atoms with Crippen molar-refractivity contribution in [3.05, 3.63) is 64.2 Å². The molecule has 0 aliphatic carbocycles. The Labute approximate surface area is 132 Å². The number of halogens is 1. The van der Waals surface area contributed by atoms with E-state index in [1.807, 2.05) is 42.5 Å². The fraction of sp³-hybridized carbons (Fsp3) is 0.0667. The lowest BCUT2D eigenvalue weighted by atomic mass is 10.0. The third kappa shape index (κ3) is 2.94. The molecule has 0 amide bonds. The summed E-state index contributed by atoms with van der Waals surface area (Å²) in [5.41, 5.74) is 8.29. The first kappa shape index (κ1) is 17.6. The molecule has 0 bridgehead atoms. The fourth-order valence-corrected chi connectivity index (χ4v) is 2.27. The Morgan fingerprint density at radius 3 is 2.41 bits per heavy atom. The van der Waals surface area contributed by atoms with Crippen LogP contribution in [0.1, 0.15) is 5.56 Å². The SMILES string of the molecule is Cl.NCc1ccc2oc([N+](=O)[O-])c(-c3ccccc3)c2c1.O. The molecule has 0 aliphatic heterocycles. The molecule has 3 aromatic rings. The summed E-state index contributed by atoms with van der Waals surface area (Å²) >= 11 is 0. The highest BCUT2D eigenvalue weighted by atomic mass is 35.5. The highest BCUT2D eigenvalue weighted by Gasteiger charge is 2.25. The third-order valence-corrected chi connectivity index (χ3v) is 3.20. The lowest BCUT2D eigenvalue weighted by molar-refractivity contribution is -0.400. The number of furan rings is 1. The van der Waals surface area contributed by atoms with E-state index in [4.69, 9.17) is 10.2 Å². The summed E-state index contributed by atoms with van der Waals surface area (Å²) in [5, 5.41) is 11.9. The summed E-state index contributed by atoms with van der Waals surface area (Å²) in [6, 6.07) is 14.6. The number of fused-ring (bicyclic) bond motifs is 1. The van der Waals surface area contributed by atoms with Crippen molar-refractivity contribution in [2.24, 2.45) is 5.73 Å². The second-order valence-corrected chi connectivity index (χ2v) is 4.44. The third-order valence-electron chi connectivity index (χ3n) is 3.20. The van der Waals surface area contributed by atoms with Crippen LogP contribution in [-0.4, -0.2) is 10.4 Å². The van der Waals surface area contributed by atoms with Crippen molar-refractivity contribution < 1.29 is 14.8 Å². The average Bonchev–Trinajstić information content (AvgIpc) is 2.86. The van der Waals surface area contributed by atoms with Gasteiger partial charge in [0.25, 0.3) is 0 Å². The Morgan fingerprint density at radius 1 is 1.14 bits per heavy atom. The van der Waals surface area contributed by atoms with Crippen molar-refractivity contribution in [3.8, 4) is 11.1 Å². The summed E-state index contributed by atoms with van der Waals surface area (Å²) < 4.78 is 5.37. The van der Waals surface area contributed by atoms with Gasteiger partial charge in [0.2, 0.25) is 0 Å². The van der Waals surface area contributed by atoms with Crippen molar-refractivity contribution >= 4 is 29.3 Å². The van der Waals surface area contributed by atoms with Gasteiger partial charge in [-0.15, -0.1) is 12.4 Å². The molecular formula is C15H15ClN2O4. The van der Waals surface area contributed by atoms with Crippen LogP contribution in [0.15, 0.2) is 52.9 Å². The Bertz CT molecular complexity index is 787. The molecule has 0 radical (unpaired) electrons. The first-order valence-electron chi connectivity index (χ1n) is 6.16. The summed E-state index contributed by atoms with van der Waals surface area (Å²) in [6.45, 7) is 0.378. The molecule has 0 unspecified atom stereocenters. The lowest BCUT2D eigenvalue weighted by Gasteiger charge is -1.99. The van der Waals surface area contributed by atoms with E-state index in [1.165, 1.54) is 0 Å². The largest absolute Gasteiger partial charge is 0.442 e. The van der Waals surface area contributed by atoms with Gasteiger partial charge in [-0.1, -0.05) is 36.4 Å². The number of hydrogen-bond donors (Lipinski definition) is 1. The Kier molecular flexibility index (Phi) is 5.64. The summed E-state index contributed by atoms with van der Waals surface area (Å²) in [5.74, 6) is -0.236. The monoisotopic (exact) mass is 322 g/mol. The van der Waals surface area contributed by atoms with Crippen LogP contribution in [0.3, 0.4) is 0 Å². The number of nitrogens with zero attached hydrogens (tertiary/aromatic N) is 1. The summed E-state index contributed by atoms with van der Waals surface area (Å²) in [6.07, 6.45) is 0. The normalized spacial score (nSPS) is 9.86. The molecule has 7 heteroatoms. The number of nitro groups is 1. The zero-order valence-corrected chi connectivity index (χ0v) is 12.3. The second kappa shape index (κ2) is 7.04. The molecule has 0 aliphatic rings. The molecule has 22 heavy (non-hydrogen) atoms. The molecule has 3 rings (SSSR count). The fourth-order valence-electron chi connectivity index (χ4n) is 2.27. The van der Waals surface area contributed by atoms with Crippen LogP contribution in [0.5, 0.6) is 0 Å². The Morgan fingerprint density at radius 2 is 1.82 bits per heavy atom. The van der Waals surface area contributed by atoms with Gasteiger partial charge >= 0.3 is 5.88 Å². The van der Waals surface area contributed by atoms with Crippen LogP contribution in [0.25, 0.3) is 22.1 Å². The van der Waals surface area contributed by atoms with Crippen molar-refractivity contribution in [2.45, 2.75) is 6.54 Å². The predicted octanol–water partition coefficient (Wildman–Crippen LogP) is 3.06. The molecule has 0 saturated heterocycles. The summed E-state index contributed by atoms with van der Waals surface area (Å²) in [7, 11) is 0. The number of rotatable bonds is 3. The van der Waals surface area contributed by atoms with E-state index < -0.39 is 4.92 Å². The predicted molar refractivity (Wildman–Crippen MR) is 87.1 cm³/mol. The second-order valence-electron chi connectivity index (χ2n) is 4.44. The van der Waals surface area contributed by atoms with E-state index in [2.05, 4.69) is 0 Å². The minimum atomic E-state index is -0.496. The number of benzene rings is 2. The van der Waals surface area contributed by atoms with E-state index in [1.54, 1.807) is 6.07 Å². The molecular weight excluding hydrogens is 308 g/mol. The van der Waals surface area contributed by atoms with E-state index in [0.717, 1.165) is 11.1 Å². The van der Waals surface area contributed by atoms with Gasteiger partial charge in [-0.25, -0.2) is 0 Å². The first-order chi connectivity index (χ1) is 9.70. The molecule has 1 heterocycles. The zero-order chi connectivity index (χ0) is 14.1. The van der Waals surface area contributed by atoms with Crippen molar-refractivity contribution in [1.82, 2.24) is 0 Å². The van der Waals surface area contributed by atoms with Gasteiger partial charge in [-0.3, -0.25) is 10.1 Å². The van der Waals surface area contributed by atoms with Crippen LogP contribution in [-0.2, 0) is 6.54 Å². The van der Waals surface area contributed by atoms with Crippen LogP contribution in [0, 0.1) is 10.1 Å². The highest BCUT2D eigenvalue weighted by molar-refractivity contribution is 5.98. The number of hydrogen-bond acceptors (Lipinski definition) is 4. The number of nitrogens with two attached hydrogens (primary N) is 1. The van der Waals surface area contributed by atoms with Crippen molar-refractivity contribution in [1.29, 1.82) is 0 Å². The molecule has 4 N–H and O–H groups in total. The quantitative estimate of drug-likeness (QED) is 0.589. The Hall–Kier alpha value is -2.41. The molecule has 0 spiro atoms. The van der Waals surface area contributed by atoms with Gasteiger partial charge in [0.15, 0.2) is 0 Å². The maximum Gasteiger partial charge on any atom is 0.442 e. The standard InChI is InChI=1S/C15H12N2O3.ClH.H2O/c16-9-10-6-7-13-12(8-10)14(15(20-13)17(18)19)11-4-2-1-3-5-11;;/h1-8H,9,16H2;1H;1H2. The molecule has 1 aromatic heterocycles. The van der Waals surface area contributed by atoms with Gasteiger partial charge < -0.3 is 15.6 Å². The van der Waals surface area contributed by atoms with E-state index in [9.17, 15) is 10.1 Å². The van der Waals surface area contributed by atoms with Gasteiger partial charge in [-0.2, -0.15) is 0 Å². The maximum atomic E-state index is 11.2. The van der Waals surface area contributed by atoms with E-state index in [0.29, 0.717) is 23.1 Å². The van der Waals surface area contributed by atoms with E-state index in [-0.39, 0.29) is 23.8 Å². The molecule has 2 aromatic carbocycles. The van der Waals surface area contributed by atoms with Crippen LogP contribution < -0.4 is 5.73 Å². The molecule has 0 fully saturated rings.